The Morgan fingerprint density at radius 3 is 2.79 bits per heavy atom. The summed E-state index contributed by atoms with van der Waals surface area (Å²) in [5.41, 5.74) is 1.13. The van der Waals surface area contributed by atoms with Gasteiger partial charge in [0.25, 0.3) is 5.91 Å². The van der Waals surface area contributed by atoms with Crippen LogP contribution in [-0.2, 0) is 13.1 Å². The molecular weight excluding hydrogens is 320 g/mol. The molecule has 0 atom stereocenters. The Hall–Kier alpha value is -1.72. The Morgan fingerprint density at radius 2 is 2.04 bits per heavy atom. The largest absolute Gasteiger partial charge is 0.455 e. The van der Waals surface area contributed by atoms with E-state index in [4.69, 9.17) is 4.42 Å². The molecule has 0 N–H and O–H groups in total. The second-order valence-corrected chi connectivity index (χ2v) is 7.14. The highest BCUT2D eigenvalue weighted by Gasteiger charge is 2.18. The van der Waals surface area contributed by atoms with Crippen molar-refractivity contribution >= 4 is 17.7 Å². The first-order valence-corrected chi connectivity index (χ1v) is 9.57. The van der Waals surface area contributed by atoms with Gasteiger partial charge in [-0.1, -0.05) is 12.1 Å². The lowest BCUT2D eigenvalue weighted by molar-refractivity contribution is 0.0750. The van der Waals surface area contributed by atoms with Gasteiger partial charge in [0.05, 0.1) is 6.54 Å². The van der Waals surface area contributed by atoms with Gasteiger partial charge in [-0.15, -0.1) is 11.8 Å². The molecule has 0 unspecified atom stereocenters. The van der Waals surface area contributed by atoms with E-state index in [1.165, 1.54) is 17.7 Å². The van der Waals surface area contributed by atoms with Gasteiger partial charge in [0.1, 0.15) is 5.76 Å². The van der Waals surface area contributed by atoms with Crippen LogP contribution in [0.25, 0.3) is 0 Å². The van der Waals surface area contributed by atoms with Crippen molar-refractivity contribution in [2.45, 2.75) is 30.8 Å². The first-order chi connectivity index (χ1) is 11.7. The van der Waals surface area contributed by atoms with E-state index in [1.807, 2.05) is 25.2 Å². The maximum atomic E-state index is 12.6. The van der Waals surface area contributed by atoms with Gasteiger partial charge in [-0.25, -0.2) is 0 Å². The molecule has 1 aliphatic heterocycles. The predicted octanol–water partition coefficient (Wildman–Crippen LogP) is 3.87. The molecule has 1 saturated heterocycles. The van der Waals surface area contributed by atoms with Crippen LogP contribution in [0.15, 0.2) is 45.7 Å². The van der Waals surface area contributed by atoms with Gasteiger partial charge in [-0.05, 0) is 62.0 Å². The highest BCUT2D eigenvalue weighted by atomic mass is 32.2. The lowest BCUT2D eigenvalue weighted by Crippen LogP contribution is -2.25. The van der Waals surface area contributed by atoms with Crippen LogP contribution >= 0.6 is 11.8 Å². The van der Waals surface area contributed by atoms with Gasteiger partial charge < -0.3 is 9.32 Å². The average molecular weight is 344 g/mol. The molecule has 0 radical (unpaired) electrons. The van der Waals surface area contributed by atoms with E-state index < -0.39 is 0 Å². The molecule has 2 aromatic rings. The van der Waals surface area contributed by atoms with Crippen LogP contribution in [0.2, 0.25) is 0 Å². The van der Waals surface area contributed by atoms with Crippen molar-refractivity contribution in [1.82, 2.24) is 9.80 Å². The van der Waals surface area contributed by atoms with E-state index in [9.17, 15) is 4.79 Å². The zero-order valence-electron chi connectivity index (χ0n) is 14.3. The van der Waals surface area contributed by atoms with Crippen LogP contribution < -0.4 is 0 Å². The van der Waals surface area contributed by atoms with Gasteiger partial charge >= 0.3 is 0 Å². The first-order valence-electron chi connectivity index (χ1n) is 8.35. The van der Waals surface area contributed by atoms with Crippen LogP contribution in [0.4, 0.5) is 0 Å². The number of carbonyl (C=O) groups is 1. The summed E-state index contributed by atoms with van der Waals surface area (Å²) in [5.74, 6) is 1.22. The third-order valence-corrected chi connectivity index (χ3v) is 5.08. The van der Waals surface area contributed by atoms with Crippen molar-refractivity contribution in [2.75, 3.05) is 26.4 Å². The zero-order chi connectivity index (χ0) is 16.9. The number of hydrogen-bond acceptors (Lipinski definition) is 4. The fourth-order valence-electron chi connectivity index (χ4n) is 3.04. The van der Waals surface area contributed by atoms with Crippen molar-refractivity contribution < 1.29 is 9.21 Å². The summed E-state index contributed by atoms with van der Waals surface area (Å²) in [6.07, 6.45) is 4.56. The second kappa shape index (κ2) is 7.90. The number of benzene rings is 1. The Bertz CT molecular complexity index is 692. The third-order valence-electron chi connectivity index (χ3n) is 4.35. The quantitative estimate of drug-likeness (QED) is 0.746. The zero-order valence-corrected chi connectivity index (χ0v) is 15.1. The van der Waals surface area contributed by atoms with Crippen LogP contribution in [0.3, 0.4) is 0 Å². The maximum absolute atomic E-state index is 12.6. The number of carbonyl (C=O) groups excluding carboxylic acids is 1. The SMILES string of the molecule is CSc1cccc(CN(C)C(=O)c2ccc(CN3CCCC3)o2)c1. The van der Waals surface area contributed by atoms with Gasteiger partial charge in [-0.2, -0.15) is 0 Å². The molecule has 1 amide bonds. The molecule has 128 valence electrons. The minimum Gasteiger partial charge on any atom is -0.455 e. The molecule has 1 fully saturated rings. The molecule has 0 bridgehead atoms. The third kappa shape index (κ3) is 4.22. The number of nitrogens with zero attached hydrogens (tertiary/aromatic N) is 2. The Labute approximate surface area is 147 Å². The van der Waals surface area contributed by atoms with Gasteiger partial charge in [0.2, 0.25) is 0 Å². The van der Waals surface area contributed by atoms with Crippen LogP contribution in [-0.4, -0.2) is 42.1 Å². The molecule has 0 aliphatic carbocycles. The van der Waals surface area contributed by atoms with Crippen molar-refractivity contribution in [2.24, 2.45) is 0 Å². The van der Waals surface area contributed by atoms with Crippen molar-refractivity contribution in [3.8, 4) is 0 Å². The van der Waals surface area contributed by atoms with E-state index >= 15 is 0 Å². The van der Waals surface area contributed by atoms with E-state index in [1.54, 1.807) is 22.7 Å². The van der Waals surface area contributed by atoms with E-state index in [0.717, 1.165) is 31.0 Å². The molecule has 5 heteroatoms. The van der Waals surface area contributed by atoms with E-state index in [2.05, 4.69) is 23.3 Å². The van der Waals surface area contributed by atoms with Crippen molar-refractivity contribution in [3.05, 3.63) is 53.5 Å². The van der Waals surface area contributed by atoms with Gasteiger partial charge in [0.15, 0.2) is 5.76 Å². The number of amides is 1. The normalized spacial score (nSPS) is 14.9. The summed E-state index contributed by atoms with van der Waals surface area (Å²) in [6, 6.07) is 12.0. The summed E-state index contributed by atoms with van der Waals surface area (Å²) in [5, 5.41) is 0. The lowest BCUT2D eigenvalue weighted by Gasteiger charge is -2.16. The van der Waals surface area contributed by atoms with Crippen molar-refractivity contribution in [1.29, 1.82) is 0 Å². The van der Waals surface area contributed by atoms with Crippen molar-refractivity contribution in [3.63, 3.8) is 0 Å². The Kier molecular flexibility index (Phi) is 5.63. The highest BCUT2D eigenvalue weighted by Crippen LogP contribution is 2.19. The fraction of sp³-hybridized carbons (Fsp3) is 0.421. The number of furan rings is 1. The molecule has 4 nitrogen and oxygen atoms in total. The predicted molar refractivity (Wildman–Crippen MR) is 97.2 cm³/mol. The molecule has 3 rings (SSSR count). The minimum atomic E-state index is -0.0720. The molecule has 2 heterocycles. The average Bonchev–Trinajstić information content (AvgIpc) is 3.26. The number of likely N-dealkylation sites (tertiary alicyclic amines) is 1. The number of hydrogen-bond donors (Lipinski definition) is 0. The topological polar surface area (TPSA) is 36.7 Å². The van der Waals surface area contributed by atoms with Crippen LogP contribution in [0.1, 0.15) is 34.7 Å². The summed E-state index contributed by atoms with van der Waals surface area (Å²) < 4.78 is 5.77. The Morgan fingerprint density at radius 1 is 1.25 bits per heavy atom. The summed E-state index contributed by atoms with van der Waals surface area (Å²) >= 11 is 1.71. The molecule has 1 aromatic carbocycles. The van der Waals surface area contributed by atoms with E-state index in [-0.39, 0.29) is 5.91 Å². The van der Waals surface area contributed by atoms with Gasteiger partial charge in [-0.3, -0.25) is 9.69 Å². The van der Waals surface area contributed by atoms with Crippen LogP contribution in [0.5, 0.6) is 0 Å². The molecule has 1 aromatic heterocycles. The summed E-state index contributed by atoms with van der Waals surface area (Å²) in [7, 11) is 1.82. The number of thioether (sulfide) groups is 1. The summed E-state index contributed by atoms with van der Waals surface area (Å²) in [6.45, 7) is 3.62. The van der Waals surface area contributed by atoms with Gasteiger partial charge in [0, 0.05) is 18.5 Å². The molecule has 24 heavy (non-hydrogen) atoms. The maximum Gasteiger partial charge on any atom is 0.289 e. The lowest BCUT2D eigenvalue weighted by atomic mass is 10.2. The fourth-order valence-corrected chi connectivity index (χ4v) is 3.53. The van der Waals surface area contributed by atoms with Crippen LogP contribution in [0, 0.1) is 0 Å². The standard InChI is InChI=1S/C19H24N2O2S/c1-20(13-15-6-5-7-17(12-15)24-2)19(22)18-9-8-16(23-18)14-21-10-3-4-11-21/h5-9,12H,3-4,10-11,13-14H2,1-2H3. The molecular formula is C19H24N2O2S. The minimum absolute atomic E-state index is 0.0720. The Balaban J connectivity index is 1.61. The smallest absolute Gasteiger partial charge is 0.289 e. The summed E-state index contributed by atoms with van der Waals surface area (Å²) in [4.78, 5) is 17.8. The highest BCUT2D eigenvalue weighted by molar-refractivity contribution is 7.98. The first kappa shape index (κ1) is 17.1. The monoisotopic (exact) mass is 344 g/mol. The number of rotatable bonds is 6. The second-order valence-electron chi connectivity index (χ2n) is 6.26. The molecule has 0 saturated carbocycles. The molecule has 1 aliphatic rings. The van der Waals surface area contributed by atoms with E-state index in [0.29, 0.717) is 12.3 Å². The molecule has 0 spiro atoms.